The highest BCUT2D eigenvalue weighted by Gasteiger charge is 2.15. The molecule has 2 aromatic rings. The first-order chi connectivity index (χ1) is 10.0. The van der Waals surface area contributed by atoms with Gasteiger partial charge in [-0.15, -0.1) is 0 Å². The summed E-state index contributed by atoms with van der Waals surface area (Å²) in [5.74, 6) is -1.67. The standard InChI is InChI=1S/C17H18F2N2/c1-5-13-8-9-14(16(19)15(13)18)12(3)21-10-6-7-11(2)17(21)20-4/h6-10H,3,5H2,1-2,4H3. The molecule has 0 N–H and O–H groups in total. The Morgan fingerprint density at radius 1 is 1.24 bits per heavy atom. The molecule has 0 unspecified atom stereocenters. The van der Waals surface area contributed by atoms with Crippen LogP contribution in [-0.2, 0) is 6.42 Å². The van der Waals surface area contributed by atoms with Crippen LogP contribution in [0.1, 0.15) is 23.6 Å². The van der Waals surface area contributed by atoms with E-state index in [4.69, 9.17) is 0 Å². The molecule has 0 amide bonds. The lowest BCUT2D eigenvalue weighted by Crippen LogP contribution is -2.22. The monoisotopic (exact) mass is 288 g/mol. The molecule has 110 valence electrons. The van der Waals surface area contributed by atoms with Gasteiger partial charge in [-0.2, -0.15) is 0 Å². The Balaban J connectivity index is 2.62. The van der Waals surface area contributed by atoms with E-state index in [1.165, 1.54) is 0 Å². The van der Waals surface area contributed by atoms with Gasteiger partial charge in [0.2, 0.25) is 0 Å². The van der Waals surface area contributed by atoms with Gasteiger partial charge in [-0.05, 0) is 36.6 Å². The van der Waals surface area contributed by atoms with Crippen LogP contribution >= 0.6 is 0 Å². The van der Waals surface area contributed by atoms with Crippen LogP contribution in [0.4, 0.5) is 8.78 Å². The van der Waals surface area contributed by atoms with E-state index in [9.17, 15) is 8.78 Å². The molecule has 0 saturated heterocycles. The molecule has 0 saturated carbocycles. The van der Waals surface area contributed by atoms with Crippen molar-refractivity contribution in [1.82, 2.24) is 4.57 Å². The Bertz CT molecular complexity index is 758. The summed E-state index contributed by atoms with van der Waals surface area (Å²) in [5, 5.41) is 0. The molecular formula is C17H18F2N2. The van der Waals surface area contributed by atoms with Crippen molar-refractivity contribution in [2.24, 2.45) is 4.99 Å². The summed E-state index contributed by atoms with van der Waals surface area (Å²) in [7, 11) is 1.66. The number of rotatable bonds is 3. The highest BCUT2D eigenvalue weighted by atomic mass is 19.2. The fourth-order valence-corrected chi connectivity index (χ4v) is 2.33. The van der Waals surface area contributed by atoms with Crippen molar-refractivity contribution in [2.75, 3.05) is 7.05 Å². The number of pyridine rings is 1. The molecule has 2 rings (SSSR count). The van der Waals surface area contributed by atoms with Crippen LogP contribution in [0.2, 0.25) is 0 Å². The van der Waals surface area contributed by atoms with Crippen LogP contribution in [0.25, 0.3) is 5.70 Å². The Labute approximate surface area is 123 Å². The van der Waals surface area contributed by atoms with E-state index in [-0.39, 0.29) is 5.56 Å². The summed E-state index contributed by atoms with van der Waals surface area (Å²) in [6.07, 6.45) is 2.19. The molecule has 0 spiro atoms. The maximum Gasteiger partial charge on any atom is 0.168 e. The third kappa shape index (κ3) is 2.66. The fourth-order valence-electron chi connectivity index (χ4n) is 2.33. The Morgan fingerprint density at radius 3 is 2.57 bits per heavy atom. The van der Waals surface area contributed by atoms with Gasteiger partial charge in [-0.25, -0.2) is 8.78 Å². The first-order valence-electron chi connectivity index (χ1n) is 6.78. The third-order valence-corrected chi connectivity index (χ3v) is 3.52. The lowest BCUT2D eigenvalue weighted by atomic mass is 10.1. The number of nitrogens with zero attached hydrogens (tertiary/aromatic N) is 2. The molecule has 0 aliphatic carbocycles. The SMILES string of the molecule is C=C(c1ccc(CC)c(F)c1F)n1cccc(C)c1=NC. The topological polar surface area (TPSA) is 17.3 Å². The second-order valence-corrected chi connectivity index (χ2v) is 4.81. The molecule has 0 atom stereocenters. The van der Waals surface area contributed by atoms with Crippen LogP contribution in [0.15, 0.2) is 42.0 Å². The Kier molecular flexibility index (Phi) is 4.36. The second-order valence-electron chi connectivity index (χ2n) is 4.81. The summed E-state index contributed by atoms with van der Waals surface area (Å²) in [6, 6.07) is 6.89. The van der Waals surface area contributed by atoms with Gasteiger partial charge in [0.05, 0.1) is 5.70 Å². The third-order valence-electron chi connectivity index (χ3n) is 3.52. The van der Waals surface area contributed by atoms with Gasteiger partial charge in [0.1, 0.15) is 5.49 Å². The van der Waals surface area contributed by atoms with E-state index < -0.39 is 11.6 Å². The minimum atomic E-state index is -0.865. The highest BCUT2D eigenvalue weighted by molar-refractivity contribution is 5.64. The number of aryl methyl sites for hydroxylation is 2. The molecule has 1 heterocycles. The average Bonchev–Trinajstić information content (AvgIpc) is 2.49. The number of benzene rings is 1. The van der Waals surface area contributed by atoms with Gasteiger partial charge in [0, 0.05) is 18.8 Å². The quantitative estimate of drug-likeness (QED) is 0.819. The van der Waals surface area contributed by atoms with Crippen molar-refractivity contribution in [2.45, 2.75) is 20.3 Å². The van der Waals surface area contributed by atoms with Crippen molar-refractivity contribution >= 4 is 5.70 Å². The maximum absolute atomic E-state index is 14.2. The summed E-state index contributed by atoms with van der Waals surface area (Å²) in [5.41, 5.74) is 2.47. The molecule has 1 aromatic carbocycles. The minimum absolute atomic E-state index is 0.144. The molecule has 21 heavy (non-hydrogen) atoms. The number of hydrogen-bond acceptors (Lipinski definition) is 1. The number of halogens is 2. The molecule has 4 heteroatoms. The van der Waals surface area contributed by atoms with E-state index in [0.29, 0.717) is 23.2 Å². The second kappa shape index (κ2) is 6.04. The van der Waals surface area contributed by atoms with Crippen LogP contribution in [0.5, 0.6) is 0 Å². The first kappa shape index (κ1) is 15.2. The zero-order valence-corrected chi connectivity index (χ0v) is 12.5. The van der Waals surface area contributed by atoms with E-state index in [1.54, 1.807) is 36.9 Å². The highest BCUT2D eigenvalue weighted by Crippen LogP contribution is 2.22. The Morgan fingerprint density at radius 2 is 1.95 bits per heavy atom. The molecule has 0 radical (unpaired) electrons. The van der Waals surface area contributed by atoms with Crippen molar-refractivity contribution in [3.63, 3.8) is 0 Å². The summed E-state index contributed by atoms with van der Waals surface area (Å²) in [4.78, 5) is 4.19. The Hall–Kier alpha value is -2.23. The van der Waals surface area contributed by atoms with Crippen molar-refractivity contribution in [3.8, 4) is 0 Å². The zero-order chi connectivity index (χ0) is 15.6. The predicted octanol–water partition coefficient (Wildman–Crippen LogP) is 3.69. The van der Waals surface area contributed by atoms with E-state index in [0.717, 1.165) is 5.56 Å². The van der Waals surface area contributed by atoms with E-state index in [2.05, 4.69) is 11.6 Å². The van der Waals surface area contributed by atoms with Gasteiger partial charge < -0.3 is 4.57 Å². The zero-order valence-electron chi connectivity index (χ0n) is 12.5. The number of aromatic nitrogens is 1. The van der Waals surface area contributed by atoms with Gasteiger partial charge in [-0.3, -0.25) is 4.99 Å². The first-order valence-corrected chi connectivity index (χ1v) is 6.78. The smallest absolute Gasteiger partial charge is 0.168 e. The summed E-state index contributed by atoms with van der Waals surface area (Å²) >= 11 is 0. The van der Waals surface area contributed by atoms with Gasteiger partial charge in [0.25, 0.3) is 0 Å². The van der Waals surface area contributed by atoms with Crippen molar-refractivity contribution < 1.29 is 8.78 Å². The molecule has 2 nitrogen and oxygen atoms in total. The van der Waals surface area contributed by atoms with E-state index in [1.807, 2.05) is 19.1 Å². The van der Waals surface area contributed by atoms with Gasteiger partial charge in [-0.1, -0.05) is 25.6 Å². The fraction of sp³-hybridized carbons (Fsp3) is 0.235. The summed E-state index contributed by atoms with van der Waals surface area (Å²) in [6.45, 7) is 7.59. The number of hydrogen-bond donors (Lipinski definition) is 0. The van der Waals surface area contributed by atoms with Gasteiger partial charge >= 0.3 is 0 Å². The molecule has 0 aliphatic heterocycles. The van der Waals surface area contributed by atoms with Crippen LogP contribution in [-0.4, -0.2) is 11.6 Å². The van der Waals surface area contributed by atoms with Gasteiger partial charge in [0.15, 0.2) is 11.6 Å². The molecule has 0 fully saturated rings. The van der Waals surface area contributed by atoms with E-state index >= 15 is 0 Å². The van der Waals surface area contributed by atoms with Crippen molar-refractivity contribution in [3.05, 3.63) is 70.9 Å². The maximum atomic E-state index is 14.2. The van der Waals surface area contributed by atoms with Crippen LogP contribution in [0, 0.1) is 18.6 Å². The molecular weight excluding hydrogens is 270 g/mol. The lowest BCUT2D eigenvalue weighted by molar-refractivity contribution is 0.497. The molecule has 0 aliphatic rings. The summed E-state index contributed by atoms with van der Waals surface area (Å²) < 4.78 is 29.9. The largest absolute Gasteiger partial charge is 0.302 e. The lowest BCUT2D eigenvalue weighted by Gasteiger charge is -2.14. The van der Waals surface area contributed by atoms with Crippen LogP contribution in [0.3, 0.4) is 0 Å². The normalized spacial score (nSPS) is 11.8. The average molecular weight is 288 g/mol. The molecule has 0 bridgehead atoms. The van der Waals surface area contributed by atoms with Crippen LogP contribution < -0.4 is 5.49 Å². The molecule has 1 aromatic heterocycles. The van der Waals surface area contributed by atoms with Crippen molar-refractivity contribution in [1.29, 1.82) is 0 Å². The predicted molar refractivity (Wildman–Crippen MR) is 80.8 cm³/mol. The minimum Gasteiger partial charge on any atom is -0.302 e.